The highest BCUT2D eigenvalue weighted by atomic mass is 35.5. The van der Waals surface area contributed by atoms with E-state index < -0.39 is 5.82 Å². The minimum absolute atomic E-state index is 0.103. The van der Waals surface area contributed by atoms with E-state index in [1.807, 2.05) is 26.8 Å². The fourth-order valence-electron chi connectivity index (χ4n) is 2.24. The molecule has 0 bridgehead atoms. The Balaban J connectivity index is 2.03. The van der Waals surface area contributed by atoms with Crippen LogP contribution in [-0.4, -0.2) is 15.7 Å². The number of hydrogen-bond acceptors (Lipinski definition) is 2. The molecular formula is C15H17ClFN3O. The standard InChI is InChI=1S/C15H17ClFN3O/c1-9-6-10(2)20(19-9)11(3)7-15(21)18-14-5-4-12(16)8-13(14)17/h4-6,8,11H,7H2,1-3H3,(H,18,21). The maximum atomic E-state index is 13.6. The van der Waals surface area contributed by atoms with Gasteiger partial charge in [0.2, 0.25) is 5.91 Å². The summed E-state index contributed by atoms with van der Waals surface area (Å²) in [7, 11) is 0. The molecule has 21 heavy (non-hydrogen) atoms. The Bertz CT molecular complexity index is 669. The predicted molar refractivity (Wildman–Crippen MR) is 81.1 cm³/mol. The van der Waals surface area contributed by atoms with Gasteiger partial charge in [-0.25, -0.2) is 4.39 Å². The number of carbonyl (C=O) groups is 1. The molecule has 2 aromatic rings. The molecule has 1 atom stereocenters. The van der Waals surface area contributed by atoms with Crippen LogP contribution in [0.15, 0.2) is 24.3 Å². The first-order valence-corrected chi connectivity index (χ1v) is 7.02. The van der Waals surface area contributed by atoms with Crippen molar-refractivity contribution in [2.75, 3.05) is 5.32 Å². The first kappa shape index (κ1) is 15.5. The third-order valence-corrected chi connectivity index (χ3v) is 3.38. The Morgan fingerprint density at radius 2 is 2.14 bits per heavy atom. The van der Waals surface area contributed by atoms with Gasteiger partial charge in [-0.2, -0.15) is 5.10 Å². The number of carbonyl (C=O) groups excluding carboxylic acids is 1. The highest BCUT2D eigenvalue weighted by Crippen LogP contribution is 2.20. The number of halogens is 2. The minimum atomic E-state index is -0.547. The number of nitrogens with zero attached hydrogens (tertiary/aromatic N) is 2. The molecule has 0 saturated heterocycles. The van der Waals surface area contributed by atoms with Crippen molar-refractivity contribution < 1.29 is 9.18 Å². The number of benzene rings is 1. The molecule has 6 heteroatoms. The van der Waals surface area contributed by atoms with Gasteiger partial charge in [-0.15, -0.1) is 0 Å². The third-order valence-electron chi connectivity index (χ3n) is 3.15. The summed E-state index contributed by atoms with van der Waals surface area (Å²) in [6, 6.07) is 6.00. The molecule has 1 aromatic carbocycles. The molecule has 0 radical (unpaired) electrons. The molecule has 1 amide bonds. The highest BCUT2D eigenvalue weighted by Gasteiger charge is 2.15. The lowest BCUT2D eigenvalue weighted by Crippen LogP contribution is -2.19. The first-order chi connectivity index (χ1) is 9.86. The van der Waals surface area contributed by atoms with Gasteiger partial charge in [0.1, 0.15) is 5.82 Å². The summed E-state index contributed by atoms with van der Waals surface area (Å²) in [5, 5.41) is 7.19. The van der Waals surface area contributed by atoms with Crippen molar-refractivity contribution in [3.8, 4) is 0 Å². The van der Waals surface area contributed by atoms with Crippen LogP contribution in [0.3, 0.4) is 0 Å². The zero-order valence-corrected chi connectivity index (χ0v) is 12.9. The monoisotopic (exact) mass is 309 g/mol. The van der Waals surface area contributed by atoms with Gasteiger partial charge >= 0.3 is 0 Å². The van der Waals surface area contributed by atoms with Crippen LogP contribution in [0, 0.1) is 19.7 Å². The van der Waals surface area contributed by atoms with Gasteiger partial charge in [0.05, 0.1) is 17.4 Å². The van der Waals surface area contributed by atoms with Crippen LogP contribution in [0.5, 0.6) is 0 Å². The van der Waals surface area contributed by atoms with Gasteiger partial charge in [-0.05, 0) is 45.0 Å². The smallest absolute Gasteiger partial charge is 0.226 e. The van der Waals surface area contributed by atoms with Crippen LogP contribution in [0.25, 0.3) is 0 Å². The largest absolute Gasteiger partial charge is 0.324 e. The summed E-state index contributed by atoms with van der Waals surface area (Å²) in [5.74, 6) is -0.814. The number of rotatable bonds is 4. The average Bonchev–Trinajstić information content (AvgIpc) is 2.72. The maximum Gasteiger partial charge on any atom is 0.226 e. The summed E-state index contributed by atoms with van der Waals surface area (Å²) in [4.78, 5) is 12.0. The van der Waals surface area contributed by atoms with E-state index in [0.717, 1.165) is 11.4 Å². The van der Waals surface area contributed by atoms with Gasteiger partial charge in [-0.1, -0.05) is 11.6 Å². The second-order valence-electron chi connectivity index (χ2n) is 5.10. The van der Waals surface area contributed by atoms with E-state index in [1.54, 1.807) is 4.68 Å². The highest BCUT2D eigenvalue weighted by molar-refractivity contribution is 6.30. The van der Waals surface area contributed by atoms with Gasteiger partial charge in [-0.3, -0.25) is 9.48 Å². The predicted octanol–water partition coefficient (Wildman–Crippen LogP) is 3.88. The van der Waals surface area contributed by atoms with E-state index in [4.69, 9.17) is 11.6 Å². The summed E-state index contributed by atoms with van der Waals surface area (Å²) >= 11 is 5.67. The van der Waals surface area contributed by atoms with E-state index in [1.165, 1.54) is 18.2 Å². The minimum Gasteiger partial charge on any atom is -0.324 e. The lowest BCUT2D eigenvalue weighted by Gasteiger charge is -2.14. The lowest BCUT2D eigenvalue weighted by molar-refractivity contribution is -0.116. The molecule has 1 N–H and O–H groups in total. The van der Waals surface area contributed by atoms with E-state index in [0.29, 0.717) is 5.02 Å². The molecule has 2 rings (SSSR count). The van der Waals surface area contributed by atoms with Crippen molar-refractivity contribution in [3.63, 3.8) is 0 Å². The van der Waals surface area contributed by atoms with Crippen molar-refractivity contribution in [1.29, 1.82) is 0 Å². The molecule has 1 heterocycles. The van der Waals surface area contributed by atoms with E-state index in [-0.39, 0.29) is 24.1 Å². The van der Waals surface area contributed by atoms with Crippen molar-refractivity contribution in [2.24, 2.45) is 0 Å². The van der Waals surface area contributed by atoms with Crippen molar-refractivity contribution in [2.45, 2.75) is 33.2 Å². The lowest BCUT2D eigenvalue weighted by atomic mass is 10.2. The Morgan fingerprint density at radius 3 is 2.71 bits per heavy atom. The average molecular weight is 310 g/mol. The summed E-state index contributed by atoms with van der Waals surface area (Å²) in [5.41, 5.74) is 2.03. The molecule has 0 saturated carbocycles. The van der Waals surface area contributed by atoms with Crippen LogP contribution in [0.4, 0.5) is 10.1 Å². The molecule has 4 nitrogen and oxygen atoms in total. The van der Waals surface area contributed by atoms with Crippen molar-refractivity contribution >= 4 is 23.2 Å². The number of hydrogen-bond donors (Lipinski definition) is 1. The molecule has 1 aromatic heterocycles. The SMILES string of the molecule is Cc1cc(C)n(C(C)CC(=O)Nc2ccc(Cl)cc2F)n1. The van der Waals surface area contributed by atoms with Crippen LogP contribution in [-0.2, 0) is 4.79 Å². The second kappa shape index (κ2) is 6.26. The van der Waals surface area contributed by atoms with Crippen LogP contribution >= 0.6 is 11.6 Å². The molecule has 0 aliphatic carbocycles. The summed E-state index contributed by atoms with van der Waals surface area (Å²) in [6.07, 6.45) is 0.212. The number of aromatic nitrogens is 2. The van der Waals surface area contributed by atoms with Gasteiger partial charge < -0.3 is 5.32 Å². The van der Waals surface area contributed by atoms with Gasteiger partial charge in [0.25, 0.3) is 0 Å². The van der Waals surface area contributed by atoms with Crippen molar-refractivity contribution in [1.82, 2.24) is 9.78 Å². The van der Waals surface area contributed by atoms with Gasteiger partial charge in [0, 0.05) is 17.1 Å². The molecule has 112 valence electrons. The molecule has 0 fully saturated rings. The van der Waals surface area contributed by atoms with Crippen LogP contribution in [0.2, 0.25) is 5.02 Å². The number of anilines is 1. The number of amides is 1. The topological polar surface area (TPSA) is 46.9 Å². The van der Waals surface area contributed by atoms with E-state index in [9.17, 15) is 9.18 Å². The number of aryl methyl sites for hydroxylation is 2. The zero-order chi connectivity index (χ0) is 15.6. The van der Waals surface area contributed by atoms with Crippen LogP contribution < -0.4 is 5.32 Å². The second-order valence-corrected chi connectivity index (χ2v) is 5.53. The fourth-order valence-corrected chi connectivity index (χ4v) is 2.40. The fraction of sp³-hybridized carbons (Fsp3) is 0.333. The number of nitrogens with one attached hydrogen (secondary N) is 1. The first-order valence-electron chi connectivity index (χ1n) is 6.64. The van der Waals surface area contributed by atoms with E-state index in [2.05, 4.69) is 10.4 Å². The van der Waals surface area contributed by atoms with Gasteiger partial charge in [0.15, 0.2) is 0 Å². The van der Waals surface area contributed by atoms with Crippen LogP contribution in [0.1, 0.15) is 30.8 Å². The molecular weight excluding hydrogens is 293 g/mol. The molecule has 0 aliphatic heterocycles. The Morgan fingerprint density at radius 1 is 1.43 bits per heavy atom. The summed E-state index contributed by atoms with van der Waals surface area (Å²) in [6.45, 7) is 5.74. The normalized spacial score (nSPS) is 12.2. The molecule has 1 unspecified atom stereocenters. The van der Waals surface area contributed by atoms with Crippen molar-refractivity contribution in [3.05, 3.63) is 46.5 Å². The third kappa shape index (κ3) is 3.82. The molecule has 0 aliphatic rings. The quantitative estimate of drug-likeness (QED) is 0.931. The Hall–Kier alpha value is -1.88. The molecule has 0 spiro atoms. The maximum absolute atomic E-state index is 13.6. The zero-order valence-electron chi connectivity index (χ0n) is 12.2. The Kier molecular flexibility index (Phi) is 4.63. The summed E-state index contributed by atoms with van der Waals surface area (Å²) < 4.78 is 15.4. The van der Waals surface area contributed by atoms with E-state index >= 15 is 0 Å². The Labute approximate surface area is 127 Å².